The van der Waals surface area contributed by atoms with E-state index < -0.39 is 15.8 Å². The Bertz CT molecular complexity index is 659. The minimum absolute atomic E-state index is 0.0464. The molecule has 1 atom stereocenters. The molecule has 0 aliphatic carbocycles. The average molecular weight is 334 g/mol. The van der Waals surface area contributed by atoms with E-state index in [9.17, 15) is 13.2 Å². The van der Waals surface area contributed by atoms with E-state index in [0.717, 1.165) is 0 Å². The summed E-state index contributed by atoms with van der Waals surface area (Å²) < 4.78 is 33.1. The highest BCUT2D eigenvalue weighted by Gasteiger charge is 2.33. The molecule has 6 nitrogen and oxygen atoms in total. The Hall–Kier alpha value is -1.47. The van der Waals surface area contributed by atoms with Gasteiger partial charge in [0.05, 0.1) is 42.4 Å². The number of ether oxygens (including phenoxy) is 2. The molecule has 0 spiro atoms. The van der Waals surface area contributed by atoms with Crippen molar-refractivity contribution in [1.82, 2.24) is 0 Å². The second-order valence-corrected chi connectivity index (χ2v) is 7.41. The maximum absolute atomic E-state index is 12.1. The third-order valence-corrected chi connectivity index (χ3v) is 5.41. The van der Waals surface area contributed by atoms with Gasteiger partial charge >= 0.3 is 0 Å². The Labute approximate surface area is 128 Å². The number of hydrogen-bond donors (Lipinski definition) is 1. The molecule has 8 heteroatoms. The van der Waals surface area contributed by atoms with Crippen LogP contribution in [0.15, 0.2) is 12.1 Å². The molecule has 1 N–H and O–H groups in total. The molecule has 1 aromatic rings. The van der Waals surface area contributed by atoms with Crippen molar-refractivity contribution in [3.05, 3.63) is 17.2 Å². The number of halogens is 1. The molecular formula is C13H16ClNO5S. The third-order valence-electron chi connectivity index (χ3n) is 3.33. The average Bonchev–Trinajstić information content (AvgIpc) is 2.80. The van der Waals surface area contributed by atoms with Crippen LogP contribution in [0, 0.1) is 5.92 Å². The highest BCUT2D eigenvalue weighted by molar-refractivity contribution is 7.91. The van der Waals surface area contributed by atoms with Gasteiger partial charge in [0, 0.05) is 12.1 Å². The minimum atomic E-state index is -3.10. The van der Waals surface area contributed by atoms with Crippen molar-refractivity contribution in [3.63, 3.8) is 0 Å². The van der Waals surface area contributed by atoms with Crippen LogP contribution in [0.5, 0.6) is 11.5 Å². The number of methoxy groups -OCH3 is 2. The van der Waals surface area contributed by atoms with Gasteiger partial charge in [-0.3, -0.25) is 4.79 Å². The van der Waals surface area contributed by atoms with Gasteiger partial charge in [-0.25, -0.2) is 8.42 Å². The molecule has 0 saturated carbocycles. The number of anilines is 1. The fourth-order valence-corrected chi connectivity index (χ4v) is 4.13. The predicted octanol–water partition coefficient (Wildman–Crippen LogP) is 1.73. The Kier molecular flexibility index (Phi) is 4.63. The molecule has 0 aromatic heterocycles. The Morgan fingerprint density at radius 2 is 1.90 bits per heavy atom. The van der Waals surface area contributed by atoms with Crippen molar-refractivity contribution in [2.45, 2.75) is 6.42 Å². The molecule has 1 aliphatic heterocycles. The number of rotatable bonds is 4. The van der Waals surface area contributed by atoms with Crippen molar-refractivity contribution in [3.8, 4) is 11.5 Å². The summed E-state index contributed by atoms with van der Waals surface area (Å²) in [5.74, 6) is -0.0985. The van der Waals surface area contributed by atoms with Gasteiger partial charge in [0.15, 0.2) is 21.3 Å². The van der Waals surface area contributed by atoms with E-state index in [1.807, 2.05) is 0 Å². The second-order valence-electron chi connectivity index (χ2n) is 4.78. The highest BCUT2D eigenvalue weighted by atomic mass is 35.5. The van der Waals surface area contributed by atoms with Crippen molar-refractivity contribution < 1.29 is 22.7 Å². The maximum Gasteiger partial charge on any atom is 0.228 e. The number of carbonyl (C=O) groups excluding carboxylic acids is 1. The fraction of sp³-hybridized carbons (Fsp3) is 0.462. The van der Waals surface area contributed by atoms with Gasteiger partial charge in [0.25, 0.3) is 0 Å². The van der Waals surface area contributed by atoms with E-state index in [2.05, 4.69) is 5.32 Å². The lowest BCUT2D eigenvalue weighted by Crippen LogP contribution is -2.23. The molecule has 0 bridgehead atoms. The lowest BCUT2D eigenvalue weighted by Gasteiger charge is -2.14. The van der Waals surface area contributed by atoms with Crippen LogP contribution in [0.1, 0.15) is 6.42 Å². The molecule has 21 heavy (non-hydrogen) atoms. The molecule has 1 aromatic carbocycles. The van der Waals surface area contributed by atoms with Gasteiger partial charge in [-0.1, -0.05) is 11.6 Å². The second kappa shape index (κ2) is 6.11. The Morgan fingerprint density at radius 3 is 2.43 bits per heavy atom. The molecule has 0 unspecified atom stereocenters. The zero-order valence-electron chi connectivity index (χ0n) is 11.7. The summed E-state index contributed by atoms with van der Waals surface area (Å²) in [5.41, 5.74) is 0.364. The van der Waals surface area contributed by atoms with Crippen molar-refractivity contribution in [1.29, 1.82) is 0 Å². The number of nitrogens with one attached hydrogen (secondary N) is 1. The monoisotopic (exact) mass is 333 g/mol. The molecule has 2 rings (SSSR count). The van der Waals surface area contributed by atoms with Crippen LogP contribution in [0.2, 0.25) is 5.02 Å². The molecule has 116 valence electrons. The molecule has 0 radical (unpaired) electrons. The van der Waals surface area contributed by atoms with E-state index in [0.29, 0.717) is 28.6 Å². The highest BCUT2D eigenvalue weighted by Crippen LogP contribution is 2.36. The number of sulfone groups is 1. The SMILES string of the molecule is COc1cc(Cl)c(NC(=O)[C@@H]2CCS(=O)(=O)C2)cc1OC. The fourth-order valence-electron chi connectivity index (χ4n) is 2.19. The van der Waals surface area contributed by atoms with Crippen molar-refractivity contribution in [2.24, 2.45) is 5.92 Å². The van der Waals surface area contributed by atoms with Gasteiger partial charge in [-0.05, 0) is 6.42 Å². The topological polar surface area (TPSA) is 81.7 Å². The first kappa shape index (κ1) is 15.9. The summed E-state index contributed by atoms with van der Waals surface area (Å²) in [7, 11) is -0.150. The van der Waals surface area contributed by atoms with E-state index in [1.165, 1.54) is 20.3 Å². The van der Waals surface area contributed by atoms with Gasteiger partial charge < -0.3 is 14.8 Å². The smallest absolute Gasteiger partial charge is 0.228 e. The number of benzene rings is 1. The Balaban J connectivity index is 2.18. The molecule has 1 heterocycles. The van der Waals surface area contributed by atoms with Gasteiger partial charge in [0.1, 0.15) is 0 Å². The molecule has 1 fully saturated rings. The van der Waals surface area contributed by atoms with Crippen LogP contribution in [0.25, 0.3) is 0 Å². The Morgan fingerprint density at radius 1 is 1.29 bits per heavy atom. The number of amides is 1. The molecular weight excluding hydrogens is 318 g/mol. The maximum atomic E-state index is 12.1. The van der Waals surface area contributed by atoms with Crippen LogP contribution in [0.4, 0.5) is 5.69 Å². The third kappa shape index (κ3) is 3.59. The summed E-state index contributed by atoms with van der Waals surface area (Å²) in [6.07, 6.45) is 0.332. The lowest BCUT2D eigenvalue weighted by atomic mass is 10.1. The normalized spacial score (nSPS) is 20.0. The van der Waals surface area contributed by atoms with E-state index in [-0.39, 0.29) is 17.4 Å². The first-order valence-electron chi connectivity index (χ1n) is 6.29. The standard InChI is InChI=1S/C13H16ClNO5S/c1-19-11-5-9(14)10(6-12(11)20-2)15-13(16)8-3-4-21(17,18)7-8/h5-6,8H,3-4,7H2,1-2H3,(H,15,16)/t8-/m1/s1. The van der Waals surface area contributed by atoms with Crippen LogP contribution in [-0.4, -0.2) is 40.1 Å². The van der Waals surface area contributed by atoms with Crippen LogP contribution in [-0.2, 0) is 14.6 Å². The van der Waals surface area contributed by atoms with Gasteiger partial charge in [0.2, 0.25) is 5.91 Å². The van der Waals surface area contributed by atoms with E-state index >= 15 is 0 Å². The lowest BCUT2D eigenvalue weighted by molar-refractivity contribution is -0.119. The number of carbonyl (C=O) groups is 1. The van der Waals surface area contributed by atoms with E-state index in [4.69, 9.17) is 21.1 Å². The molecule has 1 saturated heterocycles. The largest absolute Gasteiger partial charge is 0.493 e. The predicted molar refractivity (Wildman–Crippen MR) is 79.9 cm³/mol. The first-order chi connectivity index (χ1) is 9.86. The summed E-state index contributed by atoms with van der Waals surface area (Å²) in [6, 6.07) is 3.07. The summed E-state index contributed by atoms with van der Waals surface area (Å²) in [5, 5.41) is 2.94. The zero-order chi connectivity index (χ0) is 15.6. The van der Waals surface area contributed by atoms with Crippen LogP contribution in [0.3, 0.4) is 0 Å². The summed E-state index contributed by atoms with van der Waals surface area (Å²) in [6.45, 7) is 0. The van der Waals surface area contributed by atoms with Gasteiger partial charge in [-0.15, -0.1) is 0 Å². The summed E-state index contributed by atoms with van der Waals surface area (Å²) >= 11 is 6.08. The quantitative estimate of drug-likeness (QED) is 0.907. The van der Waals surface area contributed by atoms with Crippen molar-refractivity contribution in [2.75, 3.05) is 31.0 Å². The van der Waals surface area contributed by atoms with Crippen LogP contribution >= 0.6 is 11.6 Å². The van der Waals surface area contributed by atoms with Crippen LogP contribution < -0.4 is 14.8 Å². The molecule has 1 aliphatic rings. The first-order valence-corrected chi connectivity index (χ1v) is 8.49. The minimum Gasteiger partial charge on any atom is -0.493 e. The zero-order valence-corrected chi connectivity index (χ0v) is 13.3. The van der Waals surface area contributed by atoms with Crippen molar-refractivity contribution >= 4 is 33.0 Å². The molecule has 1 amide bonds. The van der Waals surface area contributed by atoms with Gasteiger partial charge in [-0.2, -0.15) is 0 Å². The number of hydrogen-bond acceptors (Lipinski definition) is 5. The van der Waals surface area contributed by atoms with E-state index in [1.54, 1.807) is 6.07 Å². The summed E-state index contributed by atoms with van der Waals surface area (Å²) in [4.78, 5) is 12.1.